The summed E-state index contributed by atoms with van der Waals surface area (Å²) in [6.45, 7) is 23.5. The van der Waals surface area contributed by atoms with Gasteiger partial charge >= 0.3 is 0 Å². The van der Waals surface area contributed by atoms with E-state index in [0.29, 0.717) is 18.0 Å². The van der Waals surface area contributed by atoms with Crippen molar-refractivity contribution in [2.45, 2.75) is 113 Å². The number of rotatable bonds is 7. The smallest absolute Gasteiger partial charge is 0.167 e. The van der Waals surface area contributed by atoms with Crippen LogP contribution in [0.15, 0.2) is 95.0 Å². The molecule has 48 heavy (non-hydrogen) atoms. The second-order valence-electron chi connectivity index (χ2n) is 11.2. The Balaban J connectivity index is 0.000000387. The van der Waals surface area contributed by atoms with Crippen LogP contribution in [-0.2, 0) is 11.2 Å². The molecule has 1 aliphatic carbocycles. The van der Waals surface area contributed by atoms with Crippen molar-refractivity contribution in [3.05, 3.63) is 119 Å². The molecule has 1 atom stereocenters. The van der Waals surface area contributed by atoms with Crippen molar-refractivity contribution in [3.8, 4) is 0 Å². The molecule has 1 aromatic heterocycles. The molecule has 1 heterocycles. The summed E-state index contributed by atoms with van der Waals surface area (Å²) in [7, 11) is 0. The Labute approximate surface area is 288 Å². The van der Waals surface area contributed by atoms with Crippen molar-refractivity contribution in [1.82, 2.24) is 5.16 Å². The van der Waals surface area contributed by atoms with Gasteiger partial charge in [0.15, 0.2) is 5.58 Å². The van der Waals surface area contributed by atoms with Crippen LogP contribution >= 0.6 is 0 Å². The van der Waals surface area contributed by atoms with Gasteiger partial charge in [-0.15, -0.1) is 0 Å². The molecule has 0 saturated heterocycles. The Morgan fingerprint density at radius 3 is 1.98 bits per heavy atom. The Morgan fingerprint density at radius 1 is 0.875 bits per heavy atom. The molecule has 0 spiro atoms. The van der Waals surface area contributed by atoms with E-state index in [1.807, 2.05) is 41.5 Å². The minimum Gasteiger partial charge on any atom is -0.356 e. The maximum absolute atomic E-state index is 12.8. The predicted octanol–water partition coefficient (Wildman–Crippen LogP) is 12.9. The zero-order valence-corrected chi connectivity index (χ0v) is 30.5. The van der Waals surface area contributed by atoms with Crippen LogP contribution in [0.2, 0.25) is 0 Å². The van der Waals surface area contributed by atoms with Crippen molar-refractivity contribution in [2.75, 3.05) is 0 Å². The molecule has 1 fully saturated rings. The van der Waals surface area contributed by atoms with Gasteiger partial charge in [0.2, 0.25) is 0 Å². The third kappa shape index (κ3) is 14.3. The molecular formula is C42H56F2N2O2. The number of fused-ring (bicyclic) bond motifs is 1. The Morgan fingerprint density at radius 2 is 1.44 bits per heavy atom. The number of carbonyl (C=O) groups excluding carboxylic acids is 1. The molecule has 3 aromatic carbocycles. The van der Waals surface area contributed by atoms with Gasteiger partial charge in [0, 0.05) is 23.4 Å². The Kier molecular flexibility index (Phi) is 20.2. The summed E-state index contributed by atoms with van der Waals surface area (Å²) in [5, 5.41) is 5.61. The molecule has 1 saturated carbocycles. The minimum atomic E-state index is -0.296. The normalized spacial score (nSPS) is 14.0. The summed E-state index contributed by atoms with van der Waals surface area (Å²) in [6, 6.07) is 18.6. The van der Waals surface area contributed by atoms with Gasteiger partial charge in [-0.25, -0.2) is 8.78 Å². The number of benzene rings is 3. The maximum Gasteiger partial charge on any atom is 0.167 e. The van der Waals surface area contributed by atoms with E-state index in [2.05, 4.69) is 48.4 Å². The number of allylic oxidation sites excluding steroid dienone is 1. The Bertz CT molecular complexity index is 1570. The quantitative estimate of drug-likeness (QED) is 0.113. The van der Waals surface area contributed by atoms with E-state index in [4.69, 9.17) is 4.52 Å². The fourth-order valence-corrected chi connectivity index (χ4v) is 4.93. The summed E-state index contributed by atoms with van der Waals surface area (Å²) >= 11 is 0. The highest BCUT2D eigenvalue weighted by atomic mass is 19.1. The molecule has 0 bridgehead atoms. The van der Waals surface area contributed by atoms with E-state index in [0.717, 1.165) is 35.3 Å². The molecule has 1 unspecified atom stereocenters. The third-order valence-corrected chi connectivity index (χ3v) is 7.66. The summed E-state index contributed by atoms with van der Waals surface area (Å²) in [5.41, 5.74) is 7.74. The highest BCUT2D eigenvalue weighted by Crippen LogP contribution is 2.36. The fourth-order valence-electron chi connectivity index (χ4n) is 4.93. The largest absolute Gasteiger partial charge is 0.356 e. The molecule has 0 amide bonds. The number of hydrogen-bond donors (Lipinski definition) is 0. The number of hydrogen-bond acceptors (Lipinski definition) is 4. The number of carbonyl (C=O) groups is 1. The van der Waals surface area contributed by atoms with E-state index in [1.54, 1.807) is 31.2 Å². The summed E-state index contributed by atoms with van der Waals surface area (Å²) in [4.78, 5) is 14.2. The van der Waals surface area contributed by atoms with Crippen LogP contribution < -0.4 is 0 Å². The van der Waals surface area contributed by atoms with Crippen molar-refractivity contribution in [3.63, 3.8) is 0 Å². The lowest BCUT2D eigenvalue weighted by atomic mass is 9.93. The summed E-state index contributed by atoms with van der Waals surface area (Å²) < 4.78 is 31.2. The van der Waals surface area contributed by atoms with Crippen molar-refractivity contribution in [1.29, 1.82) is 0 Å². The molecule has 0 radical (unpaired) electrons. The van der Waals surface area contributed by atoms with Gasteiger partial charge in [-0.05, 0) is 118 Å². The van der Waals surface area contributed by atoms with Crippen LogP contribution in [0, 0.1) is 11.6 Å². The van der Waals surface area contributed by atoms with Crippen LogP contribution in [0.25, 0.3) is 16.7 Å². The second-order valence-corrected chi connectivity index (χ2v) is 11.2. The zero-order chi connectivity index (χ0) is 36.1. The first-order chi connectivity index (χ1) is 23.1. The maximum atomic E-state index is 12.8. The molecule has 0 N–H and O–H groups in total. The van der Waals surface area contributed by atoms with Crippen molar-refractivity contribution < 1.29 is 18.1 Å². The van der Waals surface area contributed by atoms with Gasteiger partial charge in [0.1, 0.15) is 17.4 Å². The van der Waals surface area contributed by atoms with Crippen molar-refractivity contribution >= 4 is 28.2 Å². The lowest BCUT2D eigenvalue weighted by Crippen LogP contribution is -1.98. The average Bonchev–Trinajstić information content (AvgIpc) is 3.40. The summed E-state index contributed by atoms with van der Waals surface area (Å²) in [5.74, 6) is 0.210. The predicted molar refractivity (Wildman–Crippen MR) is 201 cm³/mol. The number of aryl methyl sites for hydroxylation is 1. The van der Waals surface area contributed by atoms with E-state index >= 15 is 0 Å². The molecule has 4 aromatic rings. The fraction of sp³-hybridized carbons (Fsp3) is 0.405. The number of Topliss-reactive ketones (excluding diaryl/α,β-unsaturated/α-hetero) is 1. The first-order valence-electron chi connectivity index (χ1n) is 17.4. The monoisotopic (exact) mass is 658 g/mol. The molecular weight excluding hydrogens is 602 g/mol. The van der Waals surface area contributed by atoms with E-state index in [1.165, 1.54) is 78.6 Å². The third-order valence-electron chi connectivity index (χ3n) is 7.66. The lowest BCUT2D eigenvalue weighted by Gasteiger charge is -2.10. The molecule has 4 nitrogen and oxygen atoms in total. The van der Waals surface area contributed by atoms with Crippen LogP contribution in [0.3, 0.4) is 0 Å². The Hall–Kier alpha value is -4.19. The first kappa shape index (κ1) is 41.8. The number of nitrogens with zero attached hydrogens (tertiary/aromatic N) is 2. The number of halogens is 2. The minimum absolute atomic E-state index is 0.255. The van der Waals surface area contributed by atoms with Gasteiger partial charge in [-0.1, -0.05) is 90.0 Å². The molecule has 5 rings (SSSR count). The standard InChI is InChI=1S/C18H23NO.C16H13F2N.C4H8O.2C2H6/c1-3-5-14-9-11-17-16(12-14)18(19-20-17)15-7-4-6-13(2)8-10-15;1-11(13-3-7-15(17)8-4-13)19-12(2)14-5-9-16(18)10-6-14;1-3-4(2)5;2*1-2/h9,11-12,15H,2-8,10H2,1H3;3-10H,1H2,2H3;3H2,1-2H3;2*1-2H3. The van der Waals surface area contributed by atoms with E-state index in [9.17, 15) is 13.6 Å². The first-order valence-corrected chi connectivity index (χ1v) is 17.4. The highest BCUT2D eigenvalue weighted by molar-refractivity contribution is 6.01. The number of ketones is 1. The average molecular weight is 659 g/mol. The second kappa shape index (κ2) is 23.2. The van der Waals surface area contributed by atoms with Crippen LogP contribution in [0.4, 0.5) is 8.78 Å². The van der Waals surface area contributed by atoms with Gasteiger partial charge < -0.3 is 9.32 Å². The van der Waals surface area contributed by atoms with Gasteiger partial charge in [-0.2, -0.15) is 0 Å². The van der Waals surface area contributed by atoms with Gasteiger partial charge in [0.25, 0.3) is 0 Å². The number of aromatic nitrogens is 1. The highest BCUT2D eigenvalue weighted by Gasteiger charge is 2.21. The lowest BCUT2D eigenvalue weighted by molar-refractivity contribution is -0.116. The van der Waals surface area contributed by atoms with Crippen LogP contribution in [0.5, 0.6) is 0 Å². The molecule has 6 heteroatoms. The number of aliphatic imine (C=N–C) groups is 1. The van der Waals surface area contributed by atoms with Gasteiger partial charge in [-0.3, -0.25) is 4.99 Å². The summed E-state index contributed by atoms with van der Waals surface area (Å²) in [6.07, 6.45) is 8.88. The molecule has 260 valence electrons. The van der Waals surface area contributed by atoms with Gasteiger partial charge in [0.05, 0.1) is 11.4 Å². The topological polar surface area (TPSA) is 55.5 Å². The molecule has 1 aliphatic rings. The van der Waals surface area contributed by atoms with Crippen LogP contribution in [0.1, 0.15) is 129 Å². The van der Waals surface area contributed by atoms with E-state index in [-0.39, 0.29) is 17.4 Å². The van der Waals surface area contributed by atoms with Crippen molar-refractivity contribution in [2.24, 2.45) is 4.99 Å². The SMILES string of the molecule is C=C(N=C(C)c1ccc(F)cc1)c1ccc(F)cc1.C=C1CCCC(c2noc3ccc(CCC)cc23)CC1.CC.CC.CCC(C)=O. The zero-order valence-electron chi connectivity index (χ0n) is 30.5. The van der Waals surface area contributed by atoms with E-state index < -0.39 is 0 Å². The van der Waals surface area contributed by atoms with Crippen LogP contribution in [-0.4, -0.2) is 16.7 Å². The molecule has 0 aliphatic heterocycles.